The quantitative estimate of drug-likeness (QED) is 0.0261. The summed E-state index contributed by atoms with van der Waals surface area (Å²) in [6, 6.07) is 0. The molecule has 0 bridgehead atoms. The number of hydrogen-bond acceptors (Lipinski definition) is 6. The molecule has 0 radical (unpaired) electrons. The minimum atomic E-state index is -0.797. The molecule has 0 rings (SSSR count). The summed E-state index contributed by atoms with van der Waals surface area (Å²) < 4.78 is 16.9. The molecular formula is C74H124O6. The molecule has 6 heteroatoms. The Kier molecular flexibility index (Phi) is 63.8. The van der Waals surface area contributed by atoms with Gasteiger partial charge in [-0.1, -0.05) is 296 Å². The van der Waals surface area contributed by atoms with Crippen LogP contribution in [0, 0.1) is 0 Å². The van der Waals surface area contributed by atoms with Crippen LogP contribution in [0.25, 0.3) is 0 Å². The molecule has 80 heavy (non-hydrogen) atoms. The molecule has 0 saturated heterocycles. The lowest BCUT2D eigenvalue weighted by Crippen LogP contribution is -2.30. The predicted molar refractivity (Wildman–Crippen MR) is 348 cm³/mol. The molecule has 0 saturated carbocycles. The zero-order valence-corrected chi connectivity index (χ0v) is 52.3. The molecule has 0 aliphatic rings. The SMILES string of the molecule is CC/C=C\C/C=C\C/C=C\C/C=C\C/C=C\C/C=C\C/C=C\C/C=C\CCCCCCC(=O)OCC(COC(=O)CCCCCCC/C=C\C/C=C\CCCCCC)OC(=O)CCCCCCCCCCCCCCCCCCC. The highest BCUT2D eigenvalue weighted by atomic mass is 16.6. The summed E-state index contributed by atoms with van der Waals surface area (Å²) >= 11 is 0. The molecule has 0 fully saturated rings. The van der Waals surface area contributed by atoms with E-state index in [1.54, 1.807) is 0 Å². The number of unbranched alkanes of at least 4 members (excludes halogenated alkanes) is 29. The third-order valence-corrected chi connectivity index (χ3v) is 14.2. The normalized spacial score (nSPS) is 12.9. The smallest absolute Gasteiger partial charge is 0.306 e. The number of rotatable bonds is 60. The van der Waals surface area contributed by atoms with E-state index in [4.69, 9.17) is 14.2 Å². The number of carbonyl (C=O) groups excluding carboxylic acids is 3. The van der Waals surface area contributed by atoms with Gasteiger partial charge in [-0.3, -0.25) is 14.4 Å². The van der Waals surface area contributed by atoms with Gasteiger partial charge in [-0.15, -0.1) is 0 Å². The Labute approximate surface area is 494 Å². The summed E-state index contributed by atoms with van der Waals surface area (Å²) in [5.74, 6) is -0.921. The molecule has 0 amide bonds. The summed E-state index contributed by atoms with van der Waals surface area (Å²) in [7, 11) is 0. The van der Waals surface area contributed by atoms with Crippen LogP contribution < -0.4 is 0 Å². The van der Waals surface area contributed by atoms with Crippen molar-refractivity contribution in [2.75, 3.05) is 13.2 Å². The largest absolute Gasteiger partial charge is 0.462 e. The van der Waals surface area contributed by atoms with Crippen molar-refractivity contribution in [2.45, 2.75) is 316 Å². The second-order valence-electron chi connectivity index (χ2n) is 22.0. The van der Waals surface area contributed by atoms with Crippen LogP contribution in [0.2, 0.25) is 0 Å². The van der Waals surface area contributed by atoms with Gasteiger partial charge in [0.2, 0.25) is 0 Å². The molecule has 0 heterocycles. The maximum Gasteiger partial charge on any atom is 0.306 e. The highest BCUT2D eigenvalue weighted by Gasteiger charge is 2.19. The summed E-state index contributed by atoms with van der Waals surface area (Å²) in [5, 5.41) is 0. The second kappa shape index (κ2) is 67.3. The van der Waals surface area contributed by atoms with Crippen LogP contribution in [-0.2, 0) is 28.6 Å². The first-order valence-electron chi connectivity index (χ1n) is 33.5. The average molecular weight is 1110 g/mol. The third kappa shape index (κ3) is 64.6. The first-order valence-corrected chi connectivity index (χ1v) is 33.5. The average Bonchev–Trinajstić information content (AvgIpc) is 3.46. The summed E-state index contributed by atoms with van der Waals surface area (Å²) in [6.07, 6.45) is 93.5. The Hall–Kier alpha value is -4.19. The van der Waals surface area contributed by atoms with Gasteiger partial charge in [0.1, 0.15) is 13.2 Å². The van der Waals surface area contributed by atoms with Crippen LogP contribution in [0.1, 0.15) is 310 Å². The van der Waals surface area contributed by atoms with Crippen LogP contribution in [0.15, 0.2) is 122 Å². The summed E-state index contributed by atoms with van der Waals surface area (Å²) in [4.78, 5) is 38.4. The lowest BCUT2D eigenvalue weighted by Gasteiger charge is -2.18. The zero-order valence-electron chi connectivity index (χ0n) is 52.3. The number of allylic oxidation sites excluding steroid dienone is 20. The Morgan fingerprint density at radius 1 is 0.263 bits per heavy atom. The van der Waals surface area contributed by atoms with E-state index in [1.165, 1.54) is 122 Å². The van der Waals surface area contributed by atoms with Gasteiger partial charge in [-0.2, -0.15) is 0 Å². The predicted octanol–water partition coefficient (Wildman–Crippen LogP) is 23.2. The lowest BCUT2D eigenvalue weighted by molar-refractivity contribution is -0.167. The van der Waals surface area contributed by atoms with Crippen LogP contribution in [-0.4, -0.2) is 37.2 Å². The first-order chi connectivity index (χ1) is 39.5. The molecule has 456 valence electrons. The molecule has 1 unspecified atom stereocenters. The Morgan fingerprint density at radius 3 is 0.775 bits per heavy atom. The van der Waals surface area contributed by atoms with Crippen LogP contribution in [0.5, 0.6) is 0 Å². The number of carbonyl (C=O) groups is 3. The highest BCUT2D eigenvalue weighted by molar-refractivity contribution is 5.71. The van der Waals surface area contributed by atoms with Crippen molar-refractivity contribution >= 4 is 17.9 Å². The number of esters is 3. The van der Waals surface area contributed by atoms with E-state index in [2.05, 4.69) is 142 Å². The Bertz CT molecular complexity index is 1650. The molecule has 0 aliphatic carbocycles. The van der Waals surface area contributed by atoms with Crippen molar-refractivity contribution in [1.29, 1.82) is 0 Å². The van der Waals surface area contributed by atoms with Gasteiger partial charge in [0.25, 0.3) is 0 Å². The fourth-order valence-electron chi connectivity index (χ4n) is 9.20. The Morgan fingerprint density at radius 2 is 0.487 bits per heavy atom. The van der Waals surface area contributed by atoms with E-state index < -0.39 is 6.10 Å². The van der Waals surface area contributed by atoms with Crippen molar-refractivity contribution in [3.63, 3.8) is 0 Å². The Balaban J connectivity index is 4.41. The highest BCUT2D eigenvalue weighted by Crippen LogP contribution is 2.16. The minimum absolute atomic E-state index is 0.0932. The van der Waals surface area contributed by atoms with Crippen LogP contribution in [0.3, 0.4) is 0 Å². The molecule has 0 N–H and O–H groups in total. The fraction of sp³-hybridized carbons (Fsp3) is 0.689. The summed E-state index contributed by atoms with van der Waals surface area (Å²) in [6.45, 7) is 6.50. The first kappa shape index (κ1) is 75.8. The van der Waals surface area contributed by atoms with E-state index in [9.17, 15) is 14.4 Å². The van der Waals surface area contributed by atoms with Gasteiger partial charge in [-0.25, -0.2) is 0 Å². The van der Waals surface area contributed by atoms with E-state index in [0.29, 0.717) is 19.3 Å². The third-order valence-electron chi connectivity index (χ3n) is 14.2. The van der Waals surface area contributed by atoms with Crippen molar-refractivity contribution in [1.82, 2.24) is 0 Å². The molecular weight excluding hydrogens is 985 g/mol. The van der Waals surface area contributed by atoms with Gasteiger partial charge < -0.3 is 14.2 Å². The fourth-order valence-corrected chi connectivity index (χ4v) is 9.20. The van der Waals surface area contributed by atoms with E-state index in [-0.39, 0.29) is 31.1 Å². The maximum atomic E-state index is 12.9. The zero-order chi connectivity index (χ0) is 57.8. The molecule has 0 aromatic rings. The van der Waals surface area contributed by atoms with Crippen molar-refractivity contribution in [3.8, 4) is 0 Å². The molecule has 1 atom stereocenters. The maximum absolute atomic E-state index is 12.9. The van der Waals surface area contributed by atoms with Gasteiger partial charge in [-0.05, 0) is 116 Å². The van der Waals surface area contributed by atoms with Crippen LogP contribution >= 0.6 is 0 Å². The number of hydrogen-bond donors (Lipinski definition) is 0. The van der Waals surface area contributed by atoms with Crippen molar-refractivity contribution < 1.29 is 28.6 Å². The standard InChI is InChI=1S/C74H124O6/c1-4-7-10-13-16-19-22-25-28-31-32-33-34-35-36-37-38-39-40-41-42-44-46-49-52-55-58-61-64-67-73(76)79-70-71(69-78-72(75)66-63-60-57-54-51-48-45-30-27-24-21-18-15-12-9-6-3)80-74(77)68-65-62-59-56-53-50-47-43-29-26-23-20-17-14-11-8-5-2/h7,10,16,19,21,24-25,28,30,32-33,35-36,38-39,41-42,45-46,49,71H,4-6,8-9,11-15,17-18,20,22-23,26-27,29,31,34,37,40,43-44,47-48,50-70H2,1-3H3/b10-7-,19-16-,24-21-,28-25-,33-32-,36-35-,39-38-,42-41-,45-30-,49-46-. The van der Waals surface area contributed by atoms with Crippen molar-refractivity contribution in [3.05, 3.63) is 122 Å². The van der Waals surface area contributed by atoms with E-state index in [0.717, 1.165) is 148 Å². The second-order valence-corrected chi connectivity index (χ2v) is 22.0. The molecule has 6 nitrogen and oxygen atoms in total. The molecule has 0 spiro atoms. The van der Waals surface area contributed by atoms with E-state index in [1.807, 2.05) is 0 Å². The van der Waals surface area contributed by atoms with E-state index >= 15 is 0 Å². The van der Waals surface area contributed by atoms with Gasteiger partial charge in [0.05, 0.1) is 0 Å². The van der Waals surface area contributed by atoms with Gasteiger partial charge >= 0.3 is 17.9 Å². The minimum Gasteiger partial charge on any atom is -0.462 e. The molecule has 0 aliphatic heterocycles. The van der Waals surface area contributed by atoms with Crippen molar-refractivity contribution in [2.24, 2.45) is 0 Å². The summed E-state index contributed by atoms with van der Waals surface area (Å²) in [5.41, 5.74) is 0. The molecule has 0 aromatic heterocycles. The topological polar surface area (TPSA) is 78.9 Å². The van der Waals surface area contributed by atoms with Gasteiger partial charge in [0, 0.05) is 19.3 Å². The lowest BCUT2D eigenvalue weighted by atomic mass is 10.0. The van der Waals surface area contributed by atoms with Gasteiger partial charge in [0.15, 0.2) is 6.10 Å². The molecule has 0 aromatic carbocycles. The number of ether oxygens (including phenoxy) is 3. The monoisotopic (exact) mass is 1110 g/mol. The van der Waals surface area contributed by atoms with Crippen LogP contribution in [0.4, 0.5) is 0 Å².